The number of anilines is 1. The lowest BCUT2D eigenvalue weighted by Gasteiger charge is -2.19. The summed E-state index contributed by atoms with van der Waals surface area (Å²) in [6, 6.07) is 7.07. The van der Waals surface area contributed by atoms with Gasteiger partial charge in [0.2, 0.25) is 10.0 Å². The zero-order valence-electron chi connectivity index (χ0n) is 12.9. The van der Waals surface area contributed by atoms with Gasteiger partial charge in [0, 0.05) is 34.4 Å². The molecule has 1 saturated carbocycles. The van der Waals surface area contributed by atoms with Crippen LogP contribution in [-0.2, 0) is 14.8 Å². The quantitative estimate of drug-likeness (QED) is 0.799. The molecule has 6 heteroatoms. The third-order valence-corrected chi connectivity index (χ3v) is 5.97. The molecular formula is C15H24N2O3S. The number of hydrogen-bond donors (Lipinski definition) is 1. The Kier molecular flexibility index (Phi) is 4.91. The van der Waals surface area contributed by atoms with Crippen LogP contribution in [0.4, 0.5) is 5.69 Å². The SMILES string of the molecule is COCCC1(CNc2ccccc2S(=O)(=O)N(C)C)CC1. The van der Waals surface area contributed by atoms with E-state index in [9.17, 15) is 8.42 Å². The average Bonchev–Trinajstić information content (AvgIpc) is 3.23. The smallest absolute Gasteiger partial charge is 0.244 e. The molecule has 1 fully saturated rings. The number of methoxy groups -OCH3 is 1. The van der Waals surface area contributed by atoms with Crippen LogP contribution in [-0.4, -0.2) is 47.1 Å². The highest BCUT2D eigenvalue weighted by Crippen LogP contribution is 2.48. The van der Waals surface area contributed by atoms with Gasteiger partial charge in [-0.2, -0.15) is 0 Å². The molecule has 0 heterocycles. The molecule has 0 aliphatic heterocycles. The van der Waals surface area contributed by atoms with Crippen LogP contribution < -0.4 is 5.32 Å². The summed E-state index contributed by atoms with van der Waals surface area (Å²) >= 11 is 0. The number of nitrogens with one attached hydrogen (secondary N) is 1. The first-order chi connectivity index (χ1) is 9.91. The van der Waals surface area contributed by atoms with Crippen LogP contribution in [0.3, 0.4) is 0 Å². The van der Waals surface area contributed by atoms with Gasteiger partial charge in [-0.15, -0.1) is 0 Å². The highest BCUT2D eigenvalue weighted by Gasteiger charge is 2.41. The molecule has 1 aromatic rings. The van der Waals surface area contributed by atoms with Gasteiger partial charge in [-0.1, -0.05) is 12.1 Å². The maximum absolute atomic E-state index is 12.3. The molecule has 1 aliphatic rings. The first kappa shape index (κ1) is 16.3. The second-order valence-electron chi connectivity index (χ2n) is 5.88. The molecular weight excluding hydrogens is 288 g/mol. The number of ether oxygens (including phenoxy) is 1. The average molecular weight is 312 g/mol. The van der Waals surface area contributed by atoms with Crippen molar-refractivity contribution in [1.82, 2.24) is 4.31 Å². The zero-order valence-corrected chi connectivity index (χ0v) is 13.7. The van der Waals surface area contributed by atoms with Gasteiger partial charge in [0.1, 0.15) is 4.90 Å². The minimum absolute atomic E-state index is 0.269. The van der Waals surface area contributed by atoms with Crippen molar-refractivity contribution < 1.29 is 13.2 Å². The molecule has 1 aromatic carbocycles. The van der Waals surface area contributed by atoms with Gasteiger partial charge in [-0.05, 0) is 36.8 Å². The van der Waals surface area contributed by atoms with Crippen LogP contribution in [0.15, 0.2) is 29.2 Å². The van der Waals surface area contributed by atoms with E-state index in [0.717, 1.165) is 19.6 Å². The van der Waals surface area contributed by atoms with Crippen LogP contribution in [0.25, 0.3) is 0 Å². The maximum Gasteiger partial charge on any atom is 0.244 e. The standard InChI is InChI=1S/C15H24N2O3S/c1-17(2)21(18,19)14-7-5-4-6-13(14)16-12-15(8-9-15)10-11-20-3/h4-7,16H,8-12H2,1-3H3. The molecule has 2 rings (SSSR count). The molecule has 0 atom stereocenters. The second kappa shape index (κ2) is 6.34. The Morgan fingerprint density at radius 2 is 1.95 bits per heavy atom. The van der Waals surface area contributed by atoms with E-state index in [2.05, 4.69) is 5.32 Å². The lowest BCUT2D eigenvalue weighted by atomic mass is 10.0. The van der Waals surface area contributed by atoms with E-state index in [-0.39, 0.29) is 5.41 Å². The van der Waals surface area contributed by atoms with Crippen molar-refractivity contribution in [3.8, 4) is 0 Å². The Bertz CT molecular complexity index is 580. The molecule has 0 saturated heterocycles. The summed E-state index contributed by atoms with van der Waals surface area (Å²) in [5.74, 6) is 0. The highest BCUT2D eigenvalue weighted by molar-refractivity contribution is 7.89. The van der Waals surface area contributed by atoms with E-state index in [0.29, 0.717) is 10.6 Å². The van der Waals surface area contributed by atoms with Gasteiger partial charge in [0.05, 0.1) is 5.69 Å². The minimum Gasteiger partial charge on any atom is -0.385 e. The van der Waals surface area contributed by atoms with E-state index in [1.807, 2.05) is 12.1 Å². The van der Waals surface area contributed by atoms with Crippen molar-refractivity contribution in [3.63, 3.8) is 0 Å². The molecule has 0 amide bonds. The van der Waals surface area contributed by atoms with Gasteiger partial charge in [0.25, 0.3) is 0 Å². The Balaban J connectivity index is 2.11. The fraction of sp³-hybridized carbons (Fsp3) is 0.600. The van der Waals surface area contributed by atoms with Gasteiger partial charge < -0.3 is 10.1 Å². The predicted octanol–water partition coefficient (Wildman–Crippen LogP) is 2.17. The molecule has 5 nitrogen and oxygen atoms in total. The number of benzene rings is 1. The Morgan fingerprint density at radius 1 is 1.29 bits per heavy atom. The molecule has 118 valence electrons. The summed E-state index contributed by atoms with van der Waals surface area (Å²) < 4.78 is 31.1. The summed E-state index contributed by atoms with van der Waals surface area (Å²) in [6.45, 7) is 1.54. The van der Waals surface area contributed by atoms with E-state index in [4.69, 9.17) is 4.74 Å². The largest absolute Gasteiger partial charge is 0.385 e. The van der Waals surface area contributed by atoms with Crippen molar-refractivity contribution in [2.75, 3.05) is 39.7 Å². The lowest BCUT2D eigenvalue weighted by Crippen LogP contribution is -2.24. The molecule has 0 radical (unpaired) electrons. The van der Waals surface area contributed by atoms with Gasteiger partial charge >= 0.3 is 0 Å². The molecule has 0 spiro atoms. The topological polar surface area (TPSA) is 58.6 Å². The van der Waals surface area contributed by atoms with Gasteiger partial charge in [-0.25, -0.2) is 12.7 Å². The number of para-hydroxylation sites is 1. The molecule has 0 bridgehead atoms. The van der Waals surface area contributed by atoms with Crippen molar-refractivity contribution in [1.29, 1.82) is 0 Å². The van der Waals surface area contributed by atoms with Crippen molar-refractivity contribution in [2.24, 2.45) is 5.41 Å². The normalized spacial score (nSPS) is 17.0. The zero-order chi connectivity index (χ0) is 15.5. The lowest BCUT2D eigenvalue weighted by molar-refractivity contribution is 0.175. The van der Waals surface area contributed by atoms with Gasteiger partial charge in [0.15, 0.2) is 0 Å². The number of nitrogens with zero attached hydrogens (tertiary/aromatic N) is 1. The summed E-state index contributed by atoms with van der Waals surface area (Å²) in [7, 11) is 1.38. The summed E-state index contributed by atoms with van der Waals surface area (Å²) in [5.41, 5.74) is 0.945. The summed E-state index contributed by atoms with van der Waals surface area (Å²) in [5, 5.41) is 3.32. The fourth-order valence-electron chi connectivity index (χ4n) is 2.33. The molecule has 0 aromatic heterocycles. The highest BCUT2D eigenvalue weighted by atomic mass is 32.2. The third-order valence-electron chi connectivity index (χ3n) is 4.09. The van der Waals surface area contributed by atoms with Crippen LogP contribution in [0.5, 0.6) is 0 Å². The first-order valence-electron chi connectivity index (χ1n) is 7.16. The first-order valence-corrected chi connectivity index (χ1v) is 8.60. The molecule has 0 unspecified atom stereocenters. The van der Waals surface area contributed by atoms with Crippen LogP contribution >= 0.6 is 0 Å². The van der Waals surface area contributed by atoms with Crippen LogP contribution in [0, 0.1) is 5.41 Å². The Morgan fingerprint density at radius 3 is 2.52 bits per heavy atom. The maximum atomic E-state index is 12.3. The number of rotatable bonds is 8. The molecule has 21 heavy (non-hydrogen) atoms. The van der Waals surface area contributed by atoms with E-state index in [1.165, 1.54) is 17.1 Å². The number of sulfonamides is 1. The monoisotopic (exact) mass is 312 g/mol. The summed E-state index contributed by atoms with van der Waals surface area (Å²) in [6.07, 6.45) is 3.36. The van der Waals surface area contributed by atoms with Gasteiger partial charge in [-0.3, -0.25) is 0 Å². The van der Waals surface area contributed by atoms with E-state index >= 15 is 0 Å². The minimum atomic E-state index is -3.43. The molecule has 1 aliphatic carbocycles. The summed E-state index contributed by atoms with van der Waals surface area (Å²) in [4.78, 5) is 0.331. The van der Waals surface area contributed by atoms with Crippen molar-refractivity contribution >= 4 is 15.7 Å². The van der Waals surface area contributed by atoms with E-state index in [1.54, 1.807) is 33.3 Å². The van der Waals surface area contributed by atoms with Crippen LogP contribution in [0.2, 0.25) is 0 Å². The molecule has 1 N–H and O–H groups in total. The Hall–Kier alpha value is -1.11. The van der Waals surface area contributed by atoms with E-state index < -0.39 is 10.0 Å². The third kappa shape index (κ3) is 3.75. The van der Waals surface area contributed by atoms with Crippen molar-refractivity contribution in [3.05, 3.63) is 24.3 Å². The second-order valence-corrected chi connectivity index (χ2v) is 8.00. The Labute approximate surface area is 127 Å². The van der Waals surface area contributed by atoms with Crippen LogP contribution in [0.1, 0.15) is 19.3 Å². The number of hydrogen-bond acceptors (Lipinski definition) is 4. The fourth-order valence-corrected chi connectivity index (χ4v) is 3.39. The van der Waals surface area contributed by atoms with Crippen molar-refractivity contribution in [2.45, 2.75) is 24.2 Å². The predicted molar refractivity (Wildman–Crippen MR) is 84.0 cm³/mol.